The largest absolute Gasteiger partial charge is 0.496 e. The molecule has 2 heterocycles. The summed E-state index contributed by atoms with van der Waals surface area (Å²) < 4.78 is 11.7. The molecule has 0 amide bonds. The third-order valence-corrected chi connectivity index (χ3v) is 4.94. The van der Waals surface area contributed by atoms with Crippen molar-refractivity contribution in [2.75, 3.05) is 19.0 Å². The standard InChI is InChI=1S/C22H26N4O2/c1-12(2)28-22-20-19(16-7-6-15(9-23)8-18(16)27-5)17(10-24)14(4)26-21(20)13(3)11-25-22/h6-8,11-12,19,26H,10,24H2,1-5H3. The Balaban J connectivity index is 2.32. The fraction of sp³-hybridized carbons (Fsp3) is 0.364. The van der Waals surface area contributed by atoms with Crippen LogP contribution < -0.4 is 20.5 Å². The number of aryl methyl sites for hydroxylation is 1. The molecule has 28 heavy (non-hydrogen) atoms. The lowest BCUT2D eigenvalue weighted by atomic mass is 9.80. The summed E-state index contributed by atoms with van der Waals surface area (Å²) >= 11 is 0. The van der Waals surface area contributed by atoms with E-state index in [0.29, 0.717) is 23.7 Å². The molecule has 0 spiro atoms. The van der Waals surface area contributed by atoms with E-state index in [-0.39, 0.29) is 12.0 Å². The van der Waals surface area contributed by atoms with Gasteiger partial charge in [0.25, 0.3) is 0 Å². The highest BCUT2D eigenvalue weighted by Crippen LogP contribution is 2.48. The van der Waals surface area contributed by atoms with Crippen molar-refractivity contribution in [3.05, 3.63) is 57.9 Å². The summed E-state index contributed by atoms with van der Waals surface area (Å²) in [6, 6.07) is 7.66. The quantitative estimate of drug-likeness (QED) is 0.821. The monoisotopic (exact) mass is 378 g/mol. The predicted molar refractivity (Wildman–Crippen MR) is 110 cm³/mol. The zero-order chi connectivity index (χ0) is 20.4. The molecule has 0 radical (unpaired) electrons. The molecule has 146 valence electrons. The molecule has 0 bridgehead atoms. The highest BCUT2D eigenvalue weighted by molar-refractivity contribution is 5.72. The second-order valence-electron chi connectivity index (χ2n) is 7.18. The Morgan fingerprint density at radius 3 is 2.68 bits per heavy atom. The number of allylic oxidation sites excluding steroid dienone is 1. The fourth-order valence-corrected chi connectivity index (χ4v) is 3.65. The SMILES string of the molecule is COc1cc(C#N)ccc1C1C(CN)=C(C)Nc2c(C)cnc(OC(C)C)c21. The summed E-state index contributed by atoms with van der Waals surface area (Å²) in [6.07, 6.45) is 1.80. The van der Waals surface area contributed by atoms with Gasteiger partial charge in [-0.2, -0.15) is 5.26 Å². The van der Waals surface area contributed by atoms with Crippen LogP contribution in [-0.2, 0) is 0 Å². The van der Waals surface area contributed by atoms with Gasteiger partial charge < -0.3 is 20.5 Å². The second kappa shape index (κ2) is 7.91. The summed E-state index contributed by atoms with van der Waals surface area (Å²) in [5.41, 5.74) is 12.7. The fourth-order valence-electron chi connectivity index (χ4n) is 3.65. The Bertz CT molecular complexity index is 973. The number of aromatic nitrogens is 1. The van der Waals surface area contributed by atoms with E-state index < -0.39 is 0 Å². The van der Waals surface area contributed by atoms with Gasteiger partial charge in [-0.25, -0.2) is 4.98 Å². The number of ether oxygens (including phenoxy) is 2. The van der Waals surface area contributed by atoms with Crippen LogP contribution in [0.25, 0.3) is 0 Å². The number of benzene rings is 1. The molecule has 1 atom stereocenters. The molecule has 1 aromatic carbocycles. The van der Waals surface area contributed by atoms with Crippen molar-refractivity contribution in [1.29, 1.82) is 5.26 Å². The van der Waals surface area contributed by atoms with E-state index in [1.807, 2.05) is 40.0 Å². The van der Waals surface area contributed by atoms with E-state index in [1.165, 1.54) is 0 Å². The van der Waals surface area contributed by atoms with Crippen molar-refractivity contribution in [3.63, 3.8) is 0 Å². The molecule has 0 saturated carbocycles. The number of anilines is 1. The van der Waals surface area contributed by atoms with Gasteiger partial charge >= 0.3 is 0 Å². The van der Waals surface area contributed by atoms with E-state index in [9.17, 15) is 5.26 Å². The maximum Gasteiger partial charge on any atom is 0.219 e. The first-order chi connectivity index (χ1) is 13.4. The van der Waals surface area contributed by atoms with E-state index in [4.69, 9.17) is 15.2 Å². The number of hydrogen-bond donors (Lipinski definition) is 2. The molecule has 0 fully saturated rings. The molecule has 1 aliphatic heterocycles. The highest BCUT2D eigenvalue weighted by atomic mass is 16.5. The molecule has 3 rings (SSSR count). The number of hydrogen-bond acceptors (Lipinski definition) is 6. The number of methoxy groups -OCH3 is 1. The molecule has 3 N–H and O–H groups in total. The van der Waals surface area contributed by atoms with Crippen molar-refractivity contribution in [3.8, 4) is 17.7 Å². The van der Waals surface area contributed by atoms with Gasteiger partial charge in [-0.15, -0.1) is 0 Å². The summed E-state index contributed by atoms with van der Waals surface area (Å²) in [7, 11) is 1.61. The van der Waals surface area contributed by atoms with Crippen LogP contribution in [0.4, 0.5) is 5.69 Å². The van der Waals surface area contributed by atoms with Crippen LogP contribution in [0.15, 0.2) is 35.7 Å². The maximum atomic E-state index is 9.26. The van der Waals surface area contributed by atoms with E-state index in [1.54, 1.807) is 19.2 Å². The molecular formula is C22H26N4O2. The molecule has 6 heteroatoms. The molecule has 0 saturated heterocycles. The average Bonchev–Trinajstić information content (AvgIpc) is 2.68. The molecule has 0 aliphatic carbocycles. The highest BCUT2D eigenvalue weighted by Gasteiger charge is 2.34. The van der Waals surface area contributed by atoms with Crippen LogP contribution in [0, 0.1) is 18.3 Å². The first-order valence-electron chi connectivity index (χ1n) is 9.32. The normalized spacial score (nSPS) is 15.7. The minimum absolute atomic E-state index is 0.0175. The summed E-state index contributed by atoms with van der Waals surface area (Å²) in [5.74, 6) is 1.05. The summed E-state index contributed by atoms with van der Waals surface area (Å²) in [5, 5.41) is 12.8. The number of pyridine rings is 1. The maximum absolute atomic E-state index is 9.26. The van der Waals surface area contributed by atoms with Gasteiger partial charge in [0.05, 0.1) is 30.5 Å². The number of nitrogens with two attached hydrogens (primary N) is 1. The van der Waals surface area contributed by atoms with Gasteiger partial charge in [-0.3, -0.25) is 0 Å². The third-order valence-electron chi connectivity index (χ3n) is 4.94. The van der Waals surface area contributed by atoms with Crippen molar-refractivity contribution < 1.29 is 9.47 Å². The van der Waals surface area contributed by atoms with Gasteiger partial charge in [0.2, 0.25) is 5.88 Å². The number of nitrogens with zero attached hydrogens (tertiary/aromatic N) is 2. The molecule has 6 nitrogen and oxygen atoms in total. The van der Waals surface area contributed by atoms with Gasteiger partial charge in [0, 0.05) is 35.5 Å². The smallest absolute Gasteiger partial charge is 0.219 e. The predicted octanol–water partition coefficient (Wildman–Crippen LogP) is 3.85. The van der Waals surface area contributed by atoms with E-state index in [2.05, 4.69) is 16.4 Å². The Hall–Kier alpha value is -3.04. The van der Waals surface area contributed by atoms with Crippen LogP contribution in [0.5, 0.6) is 11.6 Å². The number of fused-ring (bicyclic) bond motifs is 1. The number of nitriles is 1. The van der Waals surface area contributed by atoms with Gasteiger partial charge in [-0.05, 0) is 51.0 Å². The first kappa shape index (κ1) is 19.7. The Labute approximate surface area is 166 Å². The lowest BCUT2D eigenvalue weighted by molar-refractivity contribution is 0.229. The summed E-state index contributed by atoms with van der Waals surface area (Å²) in [4.78, 5) is 4.57. The zero-order valence-electron chi connectivity index (χ0n) is 17.0. The molecule has 2 aromatic rings. The third kappa shape index (κ3) is 3.41. The topological polar surface area (TPSA) is 93.2 Å². The lowest BCUT2D eigenvalue weighted by Crippen LogP contribution is -2.25. The minimum Gasteiger partial charge on any atom is -0.496 e. The second-order valence-corrected chi connectivity index (χ2v) is 7.18. The van der Waals surface area contributed by atoms with Crippen molar-refractivity contribution in [2.24, 2.45) is 5.73 Å². The van der Waals surface area contributed by atoms with Crippen LogP contribution in [0.2, 0.25) is 0 Å². The molecule has 1 unspecified atom stereocenters. The van der Waals surface area contributed by atoms with Crippen LogP contribution in [0.1, 0.15) is 48.9 Å². The van der Waals surface area contributed by atoms with Crippen LogP contribution >= 0.6 is 0 Å². The Morgan fingerprint density at radius 1 is 1.32 bits per heavy atom. The van der Waals surface area contributed by atoms with Crippen LogP contribution in [0.3, 0.4) is 0 Å². The van der Waals surface area contributed by atoms with Crippen molar-refractivity contribution in [2.45, 2.75) is 39.7 Å². The van der Waals surface area contributed by atoms with Crippen LogP contribution in [-0.4, -0.2) is 24.7 Å². The number of rotatable bonds is 5. The zero-order valence-corrected chi connectivity index (χ0v) is 17.0. The minimum atomic E-state index is -0.176. The lowest BCUT2D eigenvalue weighted by Gasteiger charge is -2.33. The average molecular weight is 378 g/mol. The number of nitrogens with one attached hydrogen (secondary N) is 1. The Morgan fingerprint density at radius 2 is 2.07 bits per heavy atom. The van der Waals surface area contributed by atoms with E-state index >= 15 is 0 Å². The van der Waals surface area contributed by atoms with Crippen molar-refractivity contribution >= 4 is 5.69 Å². The van der Waals surface area contributed by atoms with E-state index in [0.717, 1.165) is 33.6 Å². The Kier molecular flexibility index (Phi) is 5.57. The van der Waals surface area contributed by atoms with Gasteiger partial charge in [-0.1, -0.05) is 6.07 Å². The van der Waals surface area contributed by atoms with Gasteiger partial charge in [0.1, 0.15) is 5.75 Å². The summed E-state index contributed by atoms with van der Waals surface area (Å²) in [6.45, 7) is 8.38. The van der Waals surface area contributed by atoms with Crippen molar-refractivity contribution in [1.82, 2.24) is 4.98 Å². The van der Waals surface area contributed by atoms with Gasteiger partial charge in [0.15, 0.2) is 0 Å². The molecule has 1 aromatic heterocycles. The molecule has 1 aliphatic rings. The molecular weight excluding hydrogens is 352 g/mol. The first-order valence-corrected chi connectivity index (χ1v) is 9.32.